The third-order valence-corrected chi connectivity index (χ3v) is 5.17. The molecule has 0 aliphatic carbocycles. The molecule has 4 nitrogen and oxygen atoms in total. The van der Waals surface area contributed by atoms with Gasteiger partial charge in [0, 0.05) is 16.8 Å². The first kappa shape index (κ1) is 15.5. The van der Waals surface area contributed by atoms with Crippen molar-refractivity contribution in [3.05, 3.63) is 53.1 Å². The number of hydrogen-bond acceptors (Lipinski definition) is 4. The van der Waals surface area contributed by atoms with E-state index in [1.165, 1.54) is 17.3 Å². The number of anilines is 1. The molecular formula is C18H15ClN2O2S. The van der Waals surface area contributed by atoms with Crippen molar-refractivity contribution < 1.29 is 9.21 Å². The van der Waals surface area contributed by atoms with E-state index in [1.54, 1.807) is 18.2 Å². The predicted octanol–water partition coefficient (Wildman–Crippen LogP) is 4.55. The molecule has 122 valence electrons. The lowest BCUT2D eigenvalue weighted by Gasteiger charge is -2.22. The van der Waals surface area contributed by atoms with Gasteiger partial charge in [0.25, 0.3) is 5.22 Å². The first-order valence-electron chi connectivity index (χ1n) is 7.70. The smallest absolute Gasteiger partial charge is 0.257 e. The number of amides is 1. The molecule has 1 aliphatic rings. The molecule has 1 atom stereocenters. The van der Waals surface area contributed by atoms with E-state index < -0.39 is 0 Å². The van der Waals surface area contributed by atoms with E-state index >= 15 is 0 Å². The van der Waals surface area contributed by atoms with Gasteiger partial charge in [-0.1, -0.05) is 41.6 Å². The van der Waals surface area contributed by atoms with E-state index in [9.17, 15) is 4.79 Å². The molecule has 0 radical (unpaired) electrons. The largest absolute Gasteiger partial charge is 0.431 e. The molecule has 0 bridgehead atoms. The van der Waals surface area contributed by atoms with Crippen LogP contribution in [0, 0.1) is 0 Å². The maximum atomic E-state index is 12.7. The zero-order valence-corrected chi connectivity index (χ0v) is 14.6. The first-order valence-corrected chi connectivity index (χ1v) is 9.07. The highest BCUT2D eigenvalue weighted by Gasteiger charge is 2.30. The van der Waals surface area contributed by atoms with Crippen LogP contribution in [0.15, 0.2) is 52.1 Å². The van der Waals surface area contributed by atoms with Crippen molar-refractivity contribution >= 4 is 46.1 Å². The van der Waals surface area contributed by atoms with Crippen molar-refractivity contribution in [2.45, 2.75) is 24.6 Å². The number of rotatable bonds is 3. The Labute approximate surface area is 148 Å². The van der Waals surface area contributed by atoms with Gasteiger partial charge in [0.1, 0.15) is 5.52 Å². The summed E-state index contributed by atoms with van der Waals surface area (Å²) >= 11 is 7.27. The van der Waals surface area contributed by atoms with Crippen LogP contribution in [0.25, 0.3) is 11.1 Å². The normalized spacial score (nSPS) is 16.6. The van der Waals surface area contributed by atoms with E-state index in [4.69, 9.17) is 16.0 Å². The minimum atomic E-state index is 0.0674. The molecule has 2 heterocycles. The molecule has 0 fully saturated rings. The molecule has 0 saturated heterocycles. The van der Waals surface area contributed by atoms with E-state index in [1.807, 2.05) is 23.1 Å². The van der Waals surface area contributed by atoms with Gasteiger partial charge in [-0.15, -0.1) is 0 Å². The van der Waals surface area contributed by atoms with Gasteiger partial charge in [0.05, 0.1) is 5.75 Å². The predicted molar refractivity (Wildman–Crippen MR) is 96.8 cm³/mol. The molecule has 1 amide bonds. The van der Waals surface area contributed by atoms with Crippen molar-refractivity contribution in [2.75, 3.05) is 10.7 Å². The maximum Gasteiger partial charge on any atom is 0.257 e. The van der Waals surface area contributed by atoms with Crippen LogP contribution in [0.2, 0.25) is 5.02 Å². The summed E-state index contributed by atoms with van der Waals surface area (Å²) in [5.41, 5.74) is 3.62. The number of nitrogens with zero attached hydrogens (tertiary/aromatic N) is 2. The standard InChI is InChI=1S/C18H15ClN2O2S/c1-11-8-12-4-2-3-5-15(12)21(11)17(22)10-24-18-20-14-9-13(19)6-7-16(14)23-18/h2-7,9,11H,8,10H2,1H3/t11-/m0/s1. The summed E-state index contributed by atoms with van der Waals surface area (Å²) in [5.74, 6) is 0.358. The minimum Gasteiger partial charge on any atom is -0.431 e. The van der Waals surface area contributed by atoms with Crippen LogP contribution < -0.4 is 4.90 Å². The van der Waals surface area contributed by atoms with E-state index in [0.29, 0.717) is 27.1 Å². The fourth-order valence-corrected chi connectivity index (χ4v) is 3.94. The van der Waals surface area contributed by atoms with Gasteiger partial charge in [-0.3, -0.25) is 4.79 Å². The SMILES string of the molecule is C[C@H]1Cc2ccccc2N1C(=O)CSc1nc2cc(Cl)ccc2o1. The number of oxazole rings is 1. The van der Waals surface area contributed by atoms with Crippen LogP contribution in [-0.4, -0.2) is 22.7 Å². The van der Waals surface area contributed by atoms with Gasteiger partial charge >= 0.3 is 0 Å². The van der Waals surface area contributed by atoms with Gasteiger partial charge < -0.3 is 9.32 Å². The summed E-state index contributed by atoms with van der Waals surface area (Å²) in [6.45, 7) is 2.07. The average molecular weight is 359 g/mol. The molecule has 2 aromatic carbocycles. The Morgan fingerprint density at radius 1 is 1.38 bits per heavy atom. The van der Waals surface area contributed by atoms with Gasteiger partial charge in [-0.05, 0) is 43.2 Å². The quantitative estimate of drug-likeness (QED) is 0.644. The highest BCUT2D eigenvalue weighted by atomic mass is 35.5. The topological polar surface area (TPSA) is 46.3 Å². The summed E-state index contributed by atoms with van der Waals surface area (Å²) in [4.78, 5) is 18.9. The Hall–Kier alpha value is -1.98. The summed E-state index contributed by atoms with van der Waals surface area (Å²) in [5, 5.41) is 1.10. The molecule has 6 heteroatoms. The zero-order valence-electron chi connectivity index (χ0n) is 13.0. The van der Waals surface area contributed by atoms with Crippen LogP contribution in [0.1, 0.15) is 12.5 Å². The van der Waals surface area contributed by atoms with Crippen LogP contribution >= 0.6 is 23.4 Å². The Morgan fingerprint density at radius 3 is 3.08 bits per heavy atom. The number of fused-ring (bicyclic) bond motifs is 2. The number of benzene rings is 2. The lowest BCUT2D eigenvalue weighted by atomic mass is 10.1. The fraction of sp³-hybridized carbons (Fsp3) is 0.222. The first-order chi connectivity index (χ1) is 11.6. The minimum absolute atomic E-state index is 0.0674. The number of aromatic nitrogens is 1. The molecule has 0 saturated carbocycles. The summed E-state index contributed by atoms with van der Waals surface area (Å²) in [7, 11) is 0. The Kier molecular flexibility index (Phi) is 3.98. The van der Waals surface area contributed by atoms with Gasteiger partial charge in [-0.2, -0.15) is 0 Å². The van der Waals surface area contributed by atoms with Crippen LogP contribution in [0.5, 0.6) is 0 Å². The summed E-state index contributed by atoms with van der Waals surface area (Å²) in [6.07, 6.45) is 0.897. The summed E-state index contributed by atoms with van der Waals surface area (Å²) < 4.78 is 5.65. The Bertz CT molecular complexity index is 924. The third-order valence-electron chi connectivity index (χ3n) is 4.13. The highest BCUT2D eigenvalue weighted by Crippen LogP contribution is 2.33. The van der Waals surface area contributed by atoms with Gasteiger partial charge in [0.15, 0.2) is 5.58 Å². The lowest BCUT2D eigenvalue weighted by Crippen LogP contribution is -2.36. The third kappa shape index (κ3) is 2.78. The fourth-order valence-electron chi connectivity index (χ4n) is 3.08. The van der Waals surface area contributed by atoms with Crippen LogP contribution in [-0.2, 0) is 11.2 Å². The van der Waals surface area contributed by atoms with Gasteiger partial charge in [0.2, 0.25) is 5.91 Å². The zero-order chi connectivity index (χ0) is 16.7. The second-order valence-corrected chi connectivity index (χ2v) is 7.19. The van der Waals surface area contributed by atoms with Crippen molar-refractivity contribution in [1.82, 2.24) is 4.98 Å². The summed E-state index contributed by atoms with van der Waals surface area (Å²) in [6, 6.07) is 13.5. The molecule has 0 spiro atoms. The van der Waals surface area contributed by atoms with E-state index in [0.717, 1.165) is 12.1 Å². The molecule has 4 rings (SSSR count). The molecule has 0 N–H and O–H groups in total. The lowest BCUT2D eigenvalue weighted by molar-refractivity contribution is -0.116. The number of thioether (sulfide) groups is 1. The molecule has 1 aliphatic heterocycles. The number of hydrogen-bond donors (Lipinski definition) is 0. The molecule has 24 heavy (non-hydrogen) atoms. The number of halogens is 1. The second-order valence-electron chi connectivity index (χ2n) is 5.83. The molecule has 1 aromatic heterocycles. The monoisotopic (exact) mass is 358 g/mol. The number of carbonyl (C=O) groups excluding carboxylic acids is 1. The molecule has 3 aromatic rings. The maximum absolute atomic E-state index is 12.7. The average Bonchev–Trinajstić information content (AvgIpc) is 3.11. The van der Waals surface area contributed by atoms with Crippen molar-refractivity contribution in [3.63, 3.8) is 0 Å². The van der Waals surface area contributed by atoms with Crippen molar-refractivity contribution in [1.29, 1.82) is 0 Å². The van der Waals surface area contributed by atoms with Gasteiger partial charge in [-0.25, -0.2) is 4.98 Å². The van der Waals surface area contributed by atoms with Crippen LogP contribution in [0.3, 0.4) is 0 Å². The Balaban J connectivity index is 1.50. The second kappa shape index (κ2) is 6.15. The molecular weight excluding hydrogens is 344 g/mol. The van der Waals surface area contributed by atoms with E-state index in [-0.39, 0.29) is 11.9 Å². The van der Waals surface area contributed by atoms with Crippen molar-refractivity contribution in [3.8, 4) is 0 Å². The van der Waals surface area contributed by atoms with Crippen LogP contribution in [0.4, 0.5) is 5.69 Å². The highest BCUT2D eigenvalue weighted by molar-refractivity contribution is 7.99. The van der Waals surface area contributed by atoms with Crippen molar-refractivity contribution in [2.24, 2.45) is 0 Å². The van der Waals surface area contributed by atoms with E-state index in [2.05, 4.69) is 18.0 Å². The molecule has 0 unspecified atom stereocenters. The number of carbonyl (C=O) groups is 1. The Morgan fingerprint density at radius 2 is 2.21 bits per heavy atom. The number of para-hydroxylation sites is 1.